The molecule has 0 atom stereocenters. The topological polar surface area (TPSA) is 6.48 Å². The molecule has 1 aliphatic heterocycles. The van der Waals surface area contributed by atoms with Gasteiger partial charge in [-0.2, -0.15) is 0 Å². The summed E-state index contributed by atoms with van der Waals surface area (Å²) in [5.41, 5.74) is 5.68. The van der Waals surface area contributed by atoms with E-state index in [-0.39, 0.29) is 0 Å². The van der Waals surface area contributed by atoms with Gasteiger partial charge in [-0.25, -0.2) is 0 Å². The van der Waals surface area contributed by atoms with Crippen molar-refractivity contribution in [2.24, 2.45) is 0 Å². The summed E-state index contributed by atoms with van der Waals surface area (Å²) in [4.78, 5) is 4.81. The van der Waals surface area contributed by atoms with Gasteiger partial charge in [0.05, 0.1) is 0 Å². The highest BCUT2D eigenvalue weighted by Crippen LogP contribution is 2.20. The Labute approximate surface area is 152 Å². The van der Waals surface area contributed by atoms with Crippen LogP contribution in [0.4, 0.5) is 0 Å². The van der Waals surface area contributed by atoms with Gasteiger partial charge in [-0.3, -0.25) is 0 Å². The number of nitrogens with zero attached hydrogens (tertiary/aromatic N) is 2. The normalized spacial score (nSPS) is 15.4. The number of aryl methyl sites for hydroxylation is 1. The van der Waals surface area contributed by atoms with Gasteiger partial charge in [0.15, 0.2) is 0 Å². The number of hydrogen-bond donors (Lipinski definition) is 0. The Morgan fingerprint density at radius 1 is 0.960 bits per heavy atom. The Kier molecular flexibility index (Phi) is 6.43. The summed E-state index contributed by atoms with van der Waals surface area (Å²) >= 11 is 0. The first-order chi connectivity index (χ1) is 12.2. The highest BCUT2D eigenvalue weighted by molar-refractivity contribution is 5.67. The molecular weight excluding hydrogens is 304 g/mol. The lowest BCUT2D eigenvalue weighted by Crippen LogP contribution is -2.24. The minimum Gasteiger partial charge on any atom is -0.302 e. The van der Waals surface area contributed by atoms with Crippen LogP contribution in [0.5, 0.6) is 0 Å². The van der Waals surface area contributed by atoms with E-state index in [1.54, 1.807) is 0 Å². The quantitative estimate of drug-likeness (QED) is 0.737. The van der Waals surface area contributed by atoms with Gasteiger partial charge in [0, 0.05) is 19.6 Å². The molecular formula is C23H30N2. The Balaban J connectivity index is 1.47. The number of likely N-dealkylation sites (N-methyl/N-ethyl adjacent to an activating group) is 1. The average molecular weight is 335 g/mol. The van der Waals surface area contributed by atoms with Crippen molar-refractivity contribution >= 4 is 5.57 Å². The van der Waals surface area contributed by atoms with Gasteiger partial charge >= 0.3 is 0 Å². The van der Waals surface area contributed by atoms with Crippen LogP contribution in [0.15, 0.2) is 60.7 Å². The minimum atomic E-state index is 1.02. The molecule has 0 unspecified atom stereocenters. The van der Waals surface area contributed by atoms with E-state index in [4.69, 9.17) is 0 Å². The number of hydrogen-bond acceptors (Lipinski definition) is 2. The first kappa shape index (κ1) is 17.9. The van der Waals surface area contributed by atoms with Crippen molar-refractivity contribution in [3.63, 3.8) is 0 Å². The molecule has 3 rings (SSSR count). The lowest BCUT2D eigenvalue weighted by Gasteiger charge is -2.23. The van der Waals surface area contributed by atoms with Crippen LogP contribution in [0.3, 0.4) is 0 Å². The van der Waals surface area contributed by atoms with Crippen molar-refractivity contribution in [1.82, 2.24) is 9.80 Å². The summed E-state index contributed by atoms with van der Waals surface area (Å²) in [6.07, 6.45) is 5.92. The lowest BCUT2D eigenvalue weighted by molar-refractivity contribution is 0.322. The van der Waals surface area contributed by atoms with Crippen molar-refractivity contribution in [3.8, 4) is 0 Å². The van der Waals surface area contributed by atoms with Gasteiger partial charge < -0.3 is 9.80 Å². The van der Waals surface area contributed by atoms with Gasteiger partial charge in [-0.15, -0.1) is 0 Å². The van der Waals surface area contributed by atoms with Crippen LogP contribution < -0.4 is 0 Å². The molecule has 132 valence electrons. The fraction of sp³-hybridized carbons (Fsp3) is 0.391. The summed E-state index contributed by atoms with van der Waals surface area (Å²) in [7, 11) is 4.42. The monoisotopic (exact) mass is 334 g/mol. The molecule has 2 aromatic carbocycles. The predicted molar refractivity (Wildman–Crippen MR) is 108 cm³/mol. The Hall–Kier alpha value is -1.90. The van der Waals surface area contributed by atoms with E-state index in [1.165, 1.54) is 35.2 Å². The molecule has 1 heterocycles. The fourth-order valence-corrected chi connectivity index (χ4v) is 3.52. The van der Waals surface area contributed by atoms with Crippen LogP contribution >= 0.6 is 0 Å². The maximum Gasteiger partial charge on any atom is 0.0233 e. The van der Waals surface area contributed by atoms with E-state index in [1.807, 2.05) is 0 Å². The SMILES string of the molecule is CN1CCC=C(c2ccc(CN(C)CCCc3ccccc3)cc2)C1. The minimum absolute atomic E-state index is 1.02. The zero-order valence-electron chi connectivity index (χ0n) is 15.6. The molecule has 0 fully saturated rings. The molecule has 0 amide bonds. The Morgan fingerprint density at radius 2 is 1.72 bits per heavy atom. The third-order valence-electron chi connectivity index (χ3n) is 4.97. The van der Waals surface area contributed by atoms with Crippen molar-refractivity contribution in [2.45, 2.75) is 25.8 Å². The second kappa shape index (κ2) is 8.98. The lowest BCUT2D eigenvalue weighted by atomic mass is 10.00. The largest absolute Gasteiger partial charge is 0.302 e. The second-order valence-corrected chi connectivity index (χ2v) is 7.28. The van der Waals surface area contributed by atoms with Crippen LogP contribution in [-0.4, -0.2) is 43.5 Å². The third kappa shape index (κ3) is 5.55. The van der Waals surface area contributed by atoms with Gasteiger partial charge in [-0.05, 0) is 62.2 Å². The average Bonchev–Trinajstić information content (AvgIpc) is 2.63. The molecule has 0 radical (unpaired) electrons. The molecule has 0 aliphatic carbocycles. The van der Waals surface area contributed by atoms with E-state index in [0.29, 0.717) is 0 Å². The molecule has 2 aromatic rings. The molecule has 0 bridgehead atoms. The smallest absolute Gasteiger partial charge is 0.0233 e. The van der Waals surface area contributed by atoms with Crippen LogP contribution in [0.1, 0.15) is 29.5 Å². The van der Waals surface area contributed by atoms with Crippen molar-refractivity contribution in [2.75, 3.05) is 33.7 Å². The van der Waals surface area contributed by atoms with Crippen molar-refractivity contribution in [3.05, 3.63) is 77.4 Å². The van der Waals surface area contributed by atoms with Crippen LogP contribution in [0, 0.1) is 0 Å². The maximum absolute atomic E-state index is 2.42. The molecule has 25 heavy (non-hydrogen) atoms. The first-order valence-corrected chi connectivity index (χ1v) is 9.40. The second-order valence-electron chi connectivity index (χ2n) is 7.28. The summed E-state index contributed by atoms with van der Waals surface area (Å²) in [6.45, 7) is 4.40. The Morgan fingerprint density at radius 3 is 2.44 bits per heavy atom. The van der Waals surface area contributed by atoms with E-state index in [0.717, 1.165) is 32.5 Å². The molecule has 2 heteroatoms. The Bertz CT molecular complexity index is 673. The zero-order valence-corrected chi connectivity index (χ0v) is 15.6. The number of rotatable bonds is 7. The highest BCUT2D eigenvalue weighted by atomic mass is 15.1. The summed E-state index contributed by atoms with van der Waals surface area (Å²) < 4.78 is 0. The highest BCUT2D eigenvalue weighted by Gasteiger charge is 2.10. The molecule has 2 nitrogen and oxygen atoms in total. The zero-order chi connectivity index (χ0) is 17.5. The molecule has 1 aliphatic rings. The summed E-state index contributed by atoms with van der Waals surface area (Å²) in [5.74, 6) is 0. The molecule has 0 aromatic heterocycles. The van der Waals surface area contributed by atoms with Crippen molar-refractivity contribution < 1.29 is 0 Å². The van der Waals surface area contributed by atoms with Gasteiger partial charge in [0.1, 0.15) is 0 Å². The van der Waals surface area contributed by atoms with E-state index in [9.17, 15) is 0 Å². The third-order valence-corrected chi connectivity index (χ3v) is 4.97. The van der Waals surface area contributed by atoms with E-state index >= 15 is 0 Å². The summed E-state index contributed by atoms with van der Waals surface area (Å²) in [5, 5.41) is 0. The van der Waals surface area contributed by atoms with E-state index < -0.39 is 0 Å². The standard InChI is InChI=1S/C23H30N2/c1-24(16-6-10-20-8-4-3-5-9-20)18-21-12-14-22(15-13-21)23-11-7-17-25(2)19-23/h3-5,8-9,11-15H,6-7,10,16-19H2,1-2H3. The number of benzene rings is 2. The first-order valence-electron chi connectivity index (χ1n) is 9.40. The van der Waals surface area contributed by atoms with Crippen LogP contribution in [0.2, 0.25) is 0 Å². The van der Waals surface area contributed by atoms with Gasteiger partial charge in [0.25, 0.3) is 0 Å². The van der Waals surface area contributed by atoms with Crippen molar-refractivity contribution in [1.29, 1.82) is 0 Å². The molecule has 0 saturated heterocycles. The molecule has 0 spiro atoms. The summed E-state index contributed by atoms with van der Waals surface area (Å²) in [6, 6.07) is 19.9. The molecule has 0 saturated carbocycles. The fourth-order valence-electron chi connectivity index (χ4n) is 3.52. The van der Waals surface area contributed by atoms with Crippen LogP contribution in [0.25, 0.3) is 5.57 Å². The maximum atomic E-state index is 2.42. The molecule has 0 N–H and O–H groups in total. The predicted octanol–water partition coefficient (Wildman–Crippen LogP) is 4.47. The van der Waals surface area contributed by atoms with Crippen LogP contribution in [-0.2, 0) is 13.0 Å². The van der Waals surface area contributed by atoms with E-state index in [2.05, 4.69) is 84.6 Å². The van der Waals surface area contributed by atoms with Gasteiger partial charge in [0.2, 0.25) is 0 Å². The van der Waals surface area contributed by atoms with Gasteiger partial charge in [-0.1, -0.05) is 60.7 Å².